The Morgan fingerprint density at radius 1 is 1.28 bits per heavy atom. The number of amides is 2. The summed E-state index contributed by atoms with van der Waals surface area (Å²) in [5.74, 6) is 0.308. The SMILES string of the molecule is CCOc1ccccc1S(=O)(=O)Nc1ccc2c(c1)CN(C)C(=O)N2.[HH].[HH]. The van der Waals surface area contributed by atoms with E-state index in [-0.39, 0.29) is 13.8 Å². The number of urea groups is 1. The fourth-order valence-electron chi connectivity index (χ4n) is 2.60. The van der Waals surface area contributed by atoms with E-state index in [1.54, 1.807) is 50.4 Å². The molecule has 3 rings (SSSR count). The Morgan fingerprint density at radius 2 is 2.04 bits per heavy atom. The second-order valence-electron chi connectivity index (χ2n) is 5.64. The number of fused-ring (bicyclic) bond motifs is 1. The first kappa shape index (κ1) is 17.1. The molecule has 136 valence electrons. The van der Waals surface area contributed by atoms with Crippen LogP contribution in [0, 0.1) is 0 Å². The van der Waals surface area contributed by atoms with Gasteiger partial charge in [-0.2, -0.15) is 0 Å². The Labute approximate surface area is 149 Å². The fourth-order valence-corrected chi connectivity index (χ4v) is 3.80. The molecular weight excluding hydrogens is 342 g/mol. The topological polar surface area (TPSA) is 87.7 Å². The number of rotatable bonds is 5. The van der Waals surface area contributed by atoms with Crippen LogP contribution in [-0.2, 0) is 16.6 Å². The molecule has 2 aromatic carbocycles. The van der Waals surface area contributed by atoms with Crippen LogP contribution in [-0.4, -0.2) is 33.0 Å². The number of carbonyl (C=O) groups is 1. The van der Waals surface area contributed by atoms with Gasteiger partial charge in [0.05, 0.1) is 6.61 Å². The van der Waals surface area contributed by atoms with Crippen molar-refractivity contribution in [2.75, 3.05) is 23.7 Å². The van der Waals surface area contributed by atoms with Crippen LogP contribution in [0.5, 0.6) is 5.75 Å². The molecule has 1 heterocycles. The van der Waals surface area contributed by atoms with Gasteiger partial charge in [-0.1, -0.05) is 12.1 Å². The number of carbonyl (C=O) groups excluding carboxylic acids is 1. The monoisotopic (exact) mass is 365 g/mol. The Hall–Kier alpha value is -2.74. The molecule has 0 atom stereocenters. The highest BCUT2D eigenvalue weighted by molar-refractivity contribution is 7.92. The van der Waals surface area contributed by atoms with E-state index >= 15 is 0 Å². The normalized spacial score (nSPS) is 13.8. The number of nitrogens with zero attached hydrogens (tertiary/aromatic N) is 1. The van der Waals surface area contributed by atoms with Crippen LogP contribution in [0.15, 0.2) is 47.4 Å². The smallest absolute Gasteiger partial charge is 0.321 e. The van der Waals surface area contributed by atoms with Gasteiger partial charge in [-0.15, -0.1) is 0 Å². The van der Waals surface area contributed by atoms with Crippen molar-refractivity contribution in [2.45, 2.75) is 18.4 Å². The van der Waals surface area contributed by atoms with E-state index in [1.165, 1.54) is 11.0 Å². The lowest BCUT2D eigenvalue weighted by molar-refractivity contribution is 0.218. The summed E-state index contributed by atoms with van der Waals surface area (Å²) in [6.07, 6.45) is 0. The molecule has 0 unspecified atom stereocenters. The maximum absolute atomic E-state index is 12.7. The van der Waals surface area contributed by atoms with E-state index in [9.17, 15) is 13.2 Å². The second kappa shape index (κ2) is 6.64. The van der Waals surface area contributed by atoms with E-state index in [1.807, 2.05) is 0 Å². The number of ether oxygens (including phenoxy) is 1. The summed E-state index contributed by atoms with van der Waals surface area (Å²) in [4.78, 5) is 13.2. The van der Waals surface area contributed by atoms with Gasteiger partial charge in [-0.05, 0) is 42.8 Å². The van der Waals surface area contributed by atoms with E-state index in [4.69, 9.17) is 4.74 Å². The average molecular weight is 365 g/mol. The van der Waals surface area contributed by atoms with Crippen LogP contribution < -0.4 is 14.8 Å². The van der Waals surface area contributed by atoms with Gasteiger partial charge >= 0.3 is 6.03 Å². The number of nitrogens with one attached hydrogen (secondary N) is 2. The molecule has 2 aromatic rings. The van der Waals surface area contributed by atoms with Crippen molar-refractivity contribution in [2.24, 2.45) is 0 Å². The summed E-state index contributed by atoms with van der Waals surface area (Å²) in [6.45, 7) is 2.58. The number of para-hydroxylation sites is 1. The van der Waals surface area contributed by atoms with E-state index in [0.29, 0.717) is 30.3 Å². The van der Waals surface area contributed by atoms with Gasteiger partial charge in [0.15, 0.2) is 0 Å². The average Bonchev–Trinajstić information content (AvgIpc) is 2.56. The molecule has 2 N–H and O–H groups in total. The molecular formula is C17H23N3O4S. The van der Waals surface area contributed by atoms with Gasteiger partial charge in [0.2, 0.25) is 0 Å². The fraction of sp³-hybridized carbons (Fsp3) is 0.235. The molecule has 0 aliphatic carbocycles. The molecule has 1 aliphatic rings. The number of hydrogen-bond acceptors (Lipinski definition) is 4. The van der Waals surface area contributed by atoms with Crippen molar-refractivity contribution in [1.29, 1.82) is 0 Å². The van der Waals surface area contributed by atoms with Gasteiger partial charge in [-0.3, -0.25) is 4.72 Å². The van der Waals surface area contributed by atoms with Gasteiger partial charge in [-0.25, -0.2) is 13.2 Å². The van der Waals surface area contributed by atoms with Crippen molar-refractivity contribution in [1.82, 2.24) is 4.90 Å². The minimum absolute atomic E-state index is 0. The molecule has 2 amide bonds. The first-order chi connectivity index (χ1) is 11.9. The molecule has 0 saturated carbocycles. The standard InChI is InChI=1S/C17H19N3O4S.2H2/c1-3-24-15-6-4-5-7-16(15)25(22,23)19-13-8-9-14-12(10-13)11-20(2)17(21)18-14;;/h4-10,19H,3,11H2,1-2H3,(H,18,21);2*1H. The maximum Gasteiger partial charge on any atom is 0.321 e. The van der Waals surface area contributed by atoms with Gasteiger partial charge in [0, 0.05) is 27.8 Å². The second-order valence-corrected chi connectivity index (χ2v) is 7.29. The summed E-state index contributed by atoms with van der Waals surface area (Å²) in [6, 6.07) is 11.3. The number of anilines is 2. The molecule has 0 spiro atoms. The summed E-state index contributed by atoms with van der Waals surface area (Å²) < 4.78 is 33.4. The zero-order chi connectivity index (χ0) is 18.0. The van der Waals surface area contributed by atoms with Crippen LogP contribution >= 0.6 is 0 Å². The van der Waals surface area contributed by atoms with Crippen molar-refractivity contribution in [3.63, 3.8) is 0 Å². The quantitative estimate of drug-likeness (QED) is 0.850. The molecule has 7 nitrogen and oxygen atoms in total. The molecule has 0 fully saturated rings. The Morgan fingerprint density at radius 3 is 2.80 bits per heavy atom. The lowest BCUT2D eigenvalue weighted by Crippen LogP contribution is -2.35. The van der Waals surface area contributed by atoms with Crippen LogP contribution in [0.25, 0.3) is 0 Å². The van der Waals surface area contributed by atoms with Gasteiger partial charge < -0.3 is 15.0 Å². The molecule has 0 radical (unpaired) electrons. The van der Waals surface area contributed by atoms with Crippen molar-refractivity contribution >= 4 is 27.4 Å². The lowest BCUT2D eigenvalue weighted by Gasteiger charge is -2.26. The maximum atomic E-state index is 12.7. The van der Waals surface area contributed by atoms with Crippen molar-refractivity contribution in [3.05, 3.63) is 48.0 Å². The van der Waals surface area contributed by atoms with E-state index < -0.39 is 10.0 Å². The molecule has 8 heteroatoms. The zero-order valence-electron chi connectivity index (χ0n) is 13.9. The van der Waals surface area contributed by atoms with Crippen molar-refractivity contribution in [3.8, 4) is 5.75 Å². The first-order valence-electron chi connectivity index (χ1n) is 7.80. The molecule has 0 bridgehead atoms. The van der Waals surface area contributed by atoms with Crippen LogP contribution in [0.2, 0.25) is 0 Å². The highest BCUT2D eigenvalue weighted by Crippen LogP contribution is 2.29. The minimum atomic E-state index is -3.79. The third-order valence-corrected chi connectivity index (χ3v) is 5.21. The predicted octanol–water partition coefficient (Wildman–Crippen LogP) is 3.36. The first-order valence-corrected chi connectivity index (χ1v) is 9.28. The largest absolute Gasteiger partial charge is 0.492 e. The van der Waals surface area contributed by atoms with Gasteiger partial charge in [0.1, 0.15) is 10.6 Å². The number of sulfonamides is 1. The Balaban J connectivity index is 0.00000182. The highest BCUT2D eigenvalue weighted by Gasteiger charge is 2.22. The molecule has 0 aromatic heterocycles. The molecule has 25 heavy (non-hydrogen) atoms. The Kier molecular flexibility index (Phi) is 4.54. The van der Waals surface area contributed by atoms with Crippen molar-refractivity contribution < 1.29 is 20.8 Å². The minimum Gasteiger partial charge on any atom is -0.492 e. The summed E-state index contributed by atoms with van der Waals surface area (Å²) in [7, 11) is -2.12. The zero-order valence-corrected chi connectivity index (χ0v) is 14.8. The van der Waals surface area contributed by atoms with Crippen LogP contribution in [0.3, 0.4) is 0 Å². The number of hydrogen-bond donors (Lipinski definition) is 2. The lowest BCUT2D eigenvalue weighted by atomic mass is 10.1. The highest BCUT2D eigenvalue weighted by atomic mass is 32.2. The van der Waals surface area contributed by atoms with E-state index in [0.717, 1.165) is 5.56 Å². The predicted molar refractivity (Wildman–Crippen MR) is 99.6 cm³/mol. The third kappa shape index (κ3) is 3.53. The number of benzene rings is 2. The van der Waals surface area contributed by atoms with Crippen LogP contribution in [0.4, 0.5) is 16.2 Å². The summed E-state index contributed by atoms with van der Waals surface area (Å²) in [5.41, 5.74) is 1.94. The molecule has 1 aliphatic heterocycles. The van der Waals surface area contributed by atoms with Crippen LogP contribution in [0.1, 0.15) is 15.3 Å². The van der Waals surface area contributed by atoms with E-state index in [2.05, 4.69) is 10.0 Å². The Bertz CT molecular complexity index is 922. The molecule has 0 saturated heterocycles. The summed E-state index contributed by atoms with van der Waals surface area (Å²) in [5, 5.41) is 2.75. The summed E-state index contributed by atoms with van der Waals surface area (Å²) >= 11 is 0. The third-order valence-electron chi connectivity index (χ3n) is 3.79. The van der Waals surface area contributed by atoms with Gasteiger partial charge in [0.25, 0.3) is 10.0 Å².